The fourth-order valence-corrected chi connectivity index (χ4v) is 1.20. The van der Waals surface area contributed by atoms with Gasteiger partial charge in [0.05, 0.1) is 6.61 Å². The lowest BCUT2D eigenvalue weighted by Gasteiger charge is -2.15. The zero-order chi connectivity index (χ0) is 8.27. The predicted octanol–water partition coefficient (Wildman–Crippen LogP) is 1.40. The Kier molecular flexibility index (Phi) is 3.30. The van der Waals surface area contributed by atoms with E-state index in [0.717, 1.165) is 6.54 Å². The minimum Gasteiger partial charge on any atom is -0.383 e. The zero-order valence-electron chi connectivity index (χ0n) is 6.26. The zero-order valence-corrected chi connectivity index (χ0v) is 7.77. The van der Waals surface area contributed by atoms with Gasteiger partial charge in [0.15, 0.2) is 0 Å². The summed E-state index contributed by atoms with van der Waals surface area (Å²) in [4.78, 5) is 1.98. The minimum atomic E-state index is 0.558. The molecule has 0 radical (unpaired) electrons. The molecule has 0 spiro atoms. The van der Waals surface area contributed by atoms with Gasteiger partial charge in [0, 0.05) is 31.6 Å². The van der Waals surface area contributed by atoms with Crippen molar-refractivity contribution in [2.24, 2.45) is 0 Å². The molecule has 1 heterocycles. The number of ether oxygens (including phenoxy) is 1. The van der Waals surface area contributed by atoms with Crippen molar-refractivity contribution in [2.75, 3.05) is 26.9 Å². The van der Waals surface area contributed by atoms with Crippen molar-refractivity contribution >= 4 is 23.4 Å². The van der Waals surface area contributed by atoms with Gasteiger partial charge in [-0.25, -0.2) is 0 Å². The van der Waals surface area contributed by atoms with Crippen LogP contribution in [0.25, 0.3) is 0 Å². The van der Waals surface area contributed by atoms with E-state index in [1.165, 1.54) is 4.42 Å². The Morgan fingerprint density at radius 3 is 2.91 bits per heavy atom. The van der Waals surface area contributed by atoms with Crippen molar-refractivity contribution < 1.29 is 4.74 Å². The molecular formula is C6H10Cl2N2O. The molecule has 0 aromatic rings. The van der Waals surface area contributed by atoms with Crippen molar-refractivity contribution in [3.8, 4) is 0 Å². The molecule has 0 saturated heterocycles. The molecule has 0 aromatic heterocycles. The third kappa shape index (κ3) is 2.43. The second kappa shape index (κ2) is 4.04. The second-order valence-electron chi connectivity index (χ2n) is 2.26. The largest absolute Gasteiger partial charge is 0.383 e. The molecule has 1 aliphatic rings. The molecule has 0 N–H and O–H groups in total. The molecule has 0 atom stereocenters. The van der Waals surface area contributed by atoms with Crippen LogP contribution in [0.2, 0.25) is 0 Å². The van der Waals surface area contributed by atoms with E-state index in [0.29, 0.717) is 18.4 Å². The Labute approximate surface area is 76.2 Å². The van der Waals surface area contributed by atoms with Crippen molar-refractivity contribution in [2.45, 2.75) is 0 Å². The predicted molar refractivity (Wildman–Crippen MR) is 45.1 cm³/mol. The van der Waals surface area contributed by atoms with Gasteiger partial charge in [0.1, 0.15) is 11.8 Å². The molecule has 5 heteroatoms. The van der Waals surface area contributed by atoms with Gasteiger partial charge < -0.3 is 9.64 Å². The number of nitrogens with zero attached hydrogens (tertiary/aromatic N) is 2. The number of rotatable bonds is 3. The monoisotopic (exact) mass is 196 g/mol. The maximum atomic E-state index is 5.71. The molecule has 0 fully saturated rings. The first kappa shape index (κ1) is 8.97. The van der Waals surface area contributed by atoms with Crippen LogP contribution in [-0.2, 0) is 4.74 Å². The lowest BCUT2D eigenvalue weighted by Crippen LogP contribution is -2.23. The number of hydrogen-bond donors (Lipinski definition) is 0. The topological polar surface area (TPSA) is 15.7 Å². The molecule has 0 saturated carbocycles. The molecule has 0 amide bonds. The average molecular weight is 197 g/mol. The van der Waals surface area contributed by atoms with E-state index in [-0.39, 0.29) is 0 Å². The Hall–Kier alpha value is -0.120. The molecular weight excluding hydrogens is 187 g/mol. The van der Waals surface area contributed by atoms with Crippen LogP contribution >= 0.6 is 23.4 Å². The third-order valence-corrected chi connectivity index (χ3v) is 2.09. The Morgan fingerprint density at radius 1 is 1.73 bits per heavy atom. The summed E-state index contributed by atoms with van der Waals surface area (Å²) in [6.07, 6.45) is 1.80. The highest BCUT2D eigenvalue weighted by molar-refractivity contribution is 6.33. The lowest BCUT2D eigenvalue weighted by molar-refractivity contribution is 0.166. The fraction of sp³-hybridized carbons (Fsp3) is 0.667. The highest BCUT2D eigenvalue weighted by atomic mass is 35.5. The third-order valence-electron chi connectivity index (χ3n) is 1.41. The Bertz CT molecular complexity index is 163. The van der Waals surface area contributed by atoms with E-state index in [1.807, 2.05) is 4.90 Å². The molecule has 11 heavy (non-hydrogen) atoms. The van der Waals surface area contributed by atoms with Gasteiger partial charge in [-0.1, -0.05) is 11.6 Å². The normalized spacial score (nSPS) is 17.5. The van der Waals surface area contributed by atoms with E-state index in [2.05, 4.69) is 0 Å². The summed E-state index contributed by atoms with van der Waals surface area (Å²) in [7, 11) is 1.67. The standard InChI is InChI=1S/C6H10Cl2N2O/c1-11-3-2-9-4-6(7)10(8)5-9/h4H,2-3,5H2,1H3. The van der Waals surface area contributed by atoms with E-state index in [1.54, 1.807) is 13.3 Å². The first-order chi connectivity index (χ1) is 5.24. The Morgan fingerprint density at radius 2 is 2.45 bits per heavy atom. The van der Waals surface area contributed by atoms with Crippen LogP contribution in [-0.4, -0.2) is 36.2 Å². The first-order valence-electron chi connectivity index (χ1n) is 3.27. The average Bonchev–Trinajstić information content (AvgIpc) is 2.28. The van der Waals surface area contributed by atoms with Crippen LogP contribution in [0.3, 0.4) is 0 Å². The van der Waals surface area contributed by atoms with Crippen LogP contribution in [0.5, 0.6) is 0 Å². The number of methoxy groups -OCH3 is 1. The van der Waals surface area contributed by atoms with Crippen LogP contribution in [0.4, 0.5) is 0 Å². The molecule has 64 valence electrons. The van der Waals surface area contributed by atoms with E-state index >= 15 is 0 Å². The summed E-state index contributed by atoms with van der Waals surface area (Å²) in [5.74, 6) is 0. The highest BCUT2D eigenvalue weighted by Gasteiger charge is 2.16. The Balaban J connectivity index is 2.29. The first-order valence-corrected chi connectivity index (χ1v) is 3.99. The number of hydrogen-bond acceptors (Lipinski definition) is 3. The summed E-state index contributed by atoms with van der Waals surface area (Å²) in [6.45, 7) is 2.13. The van der Waals surface area contributed by atoms with E-state index in [4.69, 9.17) is 28.1 Å². The van der Waals surface area contributed by atoms with Crippen LogP contribution in [0.1, 0.15) is 0 Å². The smallest absolute Gasteiger partial charge is 0.137 e. The van der Waals surface area contributed by atoms with Gasteiger partial charge in [-0.2, -0.15) is 0 Å². The highest BCUT2D eigenvalue weighted by Crippen LogP contribution is 2.20. The van der Waals surface area contributed by atoms with Gasteiger partial charge in [0.25, 0.3) is 0 Å². The van der Waals surface area contributed by atoms with Crippen molar-refractivity contribution in [1.29, 1.82) is 0 Å². The summed E-state index contributed by atoms with van der Waals surface area (Å²) < 4.78 is 6.35. The number of halogens is 2. The molecule has 3 nitrogen and oxygen atoms in total. The van der Waals surface area contributed by atoms with Gasteiger partial charge in [-0.15, -0.1) is 0 Å². The minimum absolute atomic E-state index is 0.558. The SMILES string of the molecule is COCCN1C=C(Cl)N(Cl)C1. The van der Waals surface area contributed by atoms with Gasteiger partial charge in [0.2, 0.25) is 0 Å². The molecule has 0 bridgehead atoms. The fourth-order valence-electron chi connectivity index (χ4n) is 0.825. The summed E-state index contributed by atoms with van der Waals surface area (Å²) in [6, 6.07) is 0. The van der Waals surface area contributed by atoms with Crippen LogP contribution < -0.4 is 0 Å². The van der Waals surface area contributed by atoms with Crippen molar-refractivity contribution in [1.82, 2.24) is 9.32 Å². The summed E-state index contributed by atoms with van der Waals surface area (Å²) in [5.41, 5.74) is 0. The molecule has 0 unspecified atom stereocenters. The van der Waals surface area contributed by atoms with Gasteiger partial charge in [-0.3, -0.25) is 4.42 Å². The molecule has 1 aliphatic heterocycles. The van der Waals surface area contributed by atoms with Gasteiger partial charge >= 0.3 is 0 Å². The van der Waals surface area contributed by atoms with Crippen LogP contribution in [0, 0.1) is 0 Å². The van der Waals surface area contributed by atoms with E-state index < -0.39 is 0 Å². The van der Waals surface area contributed by atoms with Crippen LogP contribution in [0.15, 0.2) is 11.4 Å². The second-order valence-corrected chi connectivity index (χ2v) is 3.06. The lowest BCUT2D eigenvalue weighted by atomic mass is 10.6. The maximum Gasteiger partial charge on any atom is 0.137 e. The summed E-state index contributed by atoms with van der Waals surface area (Å²) >= 11 is 11.4. The van der Waals surface area contributed by atoms with E-state index in [9.17, 15) is 0 Å². The molecule has 1 rings (SSSR count). The molecule has 0 aromatic carbocycles. The quantitative estimate of drug-likeness (QED) is 0.502. The molecule has 0 aliphatic carbocycles. The van der Waals surface area contributed by atoms with Crippen molar-refractivity contribution in [3.05, 3.63) is 11.4 Å². The maximum absolute atomic E-state index is 5.71. The van der Waals surface area contributed by atoms with Crippen molar-refractivity contribution in [3.63, 3.8) is 0 Å². The van der Waals surface area contributed by atoms with Gasteiger partial charge in [-0.05, 0) is 0 Å². The summed E-state index contributed by atoms with van der Waals surface area (Å²) in [5, 5.41) is 0.558.